The molecule has 2 aliphatic rings. The van der Waals surface area contributed by atoms with E-state index in [1.54, 1.807) is 18.3 Å². The predicted octanol–water partition coefficient (Wildman–Crippen LogP) is 1.99. The lowest BCUT2D eigenvalue weighted by atomic mass is 9.97. The molecule has 22 heavy (non-hydrogen) atoms. The Morgan fingerprint density at radius 1 is 1.45 bits per heavy atom. The Balaban J connectivity index is 1.51. The predicted molar refractivity (Wildman–Crippen MR) is 84.8 cm³/mol. The van der Waals surface area contributed by atoms with Crippen LogP contribution in [0.5, 0.6) is 0 Å². The molecule has 2 aromatic heterocycles. The van der Waals surface area contributed by atoms with Crippen LogP contribution in [-0.4, -0.2) is 41.5 Å². The van der Waals surface area contributed by atoms with Gasteiger partial charge in [0.15, 0.2) is 0 Å². The topological polar surface area (TPSA) is 69.0 Å². The number of aromatic nitrogens is 1. The molecule has 0 aliphatic carbocycles. The molecule has 2 fully saturated rings. The van der Waals surface area contributed by atoms with Crippen LogP contribution in [0.15, 0.2) is 18.3 Å². The van der Waals surface area contributed by atoms with Crippen molar-refractivity contribution in [1.29, 1.82) is 5.26 Å². The normalized spacial score (nSPS) is 26.8. The van der Waals surface area contributed by atoms with Crippen LogP contribution < -0.4 is 5.32 Å². The third-order valence-electron chi connectivity index (χ3n) is 4.55. The van der Waals surface area contributed by atoms with Crippen LogP contribution in [0, 0.1) is 17.2 Å². The van der Waals surface area contributed by atoms with Crippen LogP contribution in [-0.2, 0) is 0 Å². The molecule has 5 nitrogen and oxygen atoms in total. The fraction of sp³-hybridized carbons (Fsp3) is 0.438. The average Bonchev–Trinajstić information content (AvgIpc) is 3.09. The number of carbonyl (C=O) groups excluding carboxylic acids is 1. The van der Waals surface area contributed by atoms with Crippen LogP contribution in [0.3, 0.4) is 0 Å². The van der Waals surface area contributed by atoms with Crippen LogP contribution >= 0.6 is 11.3 Å². The number of piperidine rings is 1. The minimum absolute atomic E-state index is 0.110. The number of nitrogens with zero attached hydrogens (tertiary/aromatic N) is 3. The lowest BCUT2D eigenvalue weighted by Gasteiger charge is -2.30. The summed E-state index contributed by atoms with van der Waals surface area (Å²) in [6.07, 6.45) is 4.00. The second-order valence-corrected chi connectivity index (χ2v) is 7.23. The molecule has 2 aromatic rings. The number of hydrogen-bond acceptors (Lipinski definition) is 5. The molecule has 2 bridgehead atoms. The molecular weight excluding hydrogens is 296 g/mol. The highest BCUT2D eigenvalue weighted by molar-refractivity contribution is 7.19. The van der Waals surface area contributed by atoms with Crippen LogP contribution in [0.1, 0.15) is 28.2 Å². The standard InChI is InChI=1S/C16H16N4OS/c17-6-13-4-11-7-18-14(5-15(11)22-13)16(21)19-12-3-10-1-2-20(8-10)9-12/h4-5,7,10,12H,1-3,8-9H2,(H,19,21). The van der Waals surface area contributed by atoms with Gasteiger partial charge in [0.1, 0.15) is 16.6 Å². The van der Waals surface area contributed by atoms with Gasteiger partial charge in [-0.2, -0.15) is 5.26 Å². The fourth-order valence-electron chi connectivity index (χ4n) is 3.54. The number of carbonyl (C=O) groups is 1. The SMILES string of the molecule is N#Cc1cc2cnc(C(=O)NC3CC4CCN(C4)C3)cc2s1. The Hall–Kier alpha value is -1.97. The van der Waals surface area contributed by atoms with E-state index in [1.807, 2.05) is 0 Å². The molecule has 3 unspecified atom stereocenters. The van der Waals surface area contributed by atoms with Gasteiger partial charge in [0.25, 0.3) is 5.91 Å². The zero-order chi connectivity index (χ0) is 15.1. The van der Waals surface area contributed by atoms with Gasteiger partial charge in [-0.1, -0.05) is 0 Å². The van der Waals surface area contributed by atoms with Crippen LogP contribution in [0.25, 0.3) is 10.1 Å². The summed E-state index contributed by atoms with van der Waals surface area (Å²) in [6.45, 7) is 3.29. The number of rotatable bonds is 2. The van der Waals surface area contributed by atoms with Crippen molar-refractivity contribution < 1.29 is 4.79 Å². The quantitative estimate of drug-likeness (QED) is 0.921. The molecule has 6 heteroatoms. The maximum atomic E-state index is 12.4. The average molecular weight is 312 g/mol. The van der Waals surface area contributed by atoms with Gasteiger partial charge in [-0.25, -0.2) is 0 Å². The number of fused-ring (bicyclic) bond motifs is 3. The number of nitrogens with one attached hydrogen (secondary N) is 1. The van der Waals surface area contributed by atoms with Gasteiger partial charge in [0.2, 0.25) is 0 Å². The molecule has 2 saturated heterocycles. The Morgan fingerprint density at radius 3 is 3.18 bits per heavy atom. The molecule has 0 saturated carbocycles. The molecular formula is C16H16N4OS. The summed E-state index contributed by atoms with van der Waals surface area (Å²) >= 11 is 1.40. The molecule has 0 radical (unpaired) electrons. The van der Waals surface area contributed by atoms with Crippen molar-refractivity contribution in [3.05, 3.63) is 28.9 Å². The largest absolute Gasteiger partial charge is 0.347 e. The lowest BCUT2D eigenvalue weighted by molar-refractivity contribution is 0.0904. The monoisotopic (exact) mass is 312 g/mol. The summed E-state index contributed by atoms with van der Waals surface area (Å²) in [6, 6.07) is 5.95. The van der Waals surface area contributed by atoms with Crippen LogP contribution in [0.2, 0.25) is 0 Å². The maximum absolute atomic E-state index is 12.4. The van der Waals surface area contributed by atoms with Crippen molar-refractivity contribution in [3.63, 3.8) is 0 Å². The highest BCUT2D eigenvalue weighted by Gasteiger charge is 2.33. The molecule has 0 spiro atoms. The highest BCUT2D eigenvalue weighted by Crippen LogP contribution is 2.27. The van der Waals surface area contributed by atoms with E-state index in [9.17, 15) is 4.79 Å². The minimum atomic E-state index is -0.110. The first kappa shape index (κ1) is 13.7. The third-order valence-corrected chi connectivity index (χ3v) is 5.55. The lowest BCUT2D eigenvalue weighted by Crippen LogP contribution is -2.47. The summed E-state index contributed by atoms with van der Waals surface area (Å²) in [5.74, 6) is 0.617. The third kappa shape index (κ3) is 2.47. The van der Waals surface area contributed by atoms with E-state index in [1.165, 1.54) is 24.3 Å². The molecule has 0 aromatic carbocycles. The molecule has 1 N–H and O–H groups in total. The van der Waals surface area contributed by atoms with Crippen molar-refractivity contribution >= 4 is 27.3 Å². The summed E-state index contributed by atoms with van der Waals surface area (Å²) < 4.78 is 0.934. The minimum Gasteiger partial charge on any atom is -0.347 e. The first-order chi connectivity index (χ1) is 10.7. The number of nitriles is 1. The molecule has 1 amide bonds. The van der Waals surface area contributed by atoms with Crippen molar-refractivity contribution in [2.24, 2.45) is 5.92 Å². The van der Waals surface area contributed by atoms with E-state index in [4.69, 9.17) is 5.26 Å². The Kier molecular flexibility index (Phi) is 3.32. The molecule has 2 aliphatic heterocycles. The number of pyridine rings is 1. The van der Waals surface area contributed by atoms with Gasteiger partial charge >= 0.3 is 0 Å². The van der Waals surface area contributed by atoms with Gasteiger partial charge in [0, 0.05) is 35.4 Å². The number of amides is 1. The van der Waals surface area contributed by atoms with Gasteiger partial charge < -0.3 is 10.2 Å². The number of thiophene rings is 1. The maximum Gasteiger partial charge on any atom is 0.270 e. The summed E-state index contributed by atoms with van der Waals surface area (Å²) in [4.78, 5) is 19.7. The van der Waals surface area contributed by atoms with E-state index >= 15 is 0 Å². The zero-order valence-electron chi connectivity index (χ0n) is 12.1. The highest BCUT2D eigenvalue weighted by atomic mass is 32.1. The van der Waals surface area contributed by atoms with E-state index in [0.717, 1.165) is 35.5 Å². The smallest absolute Gasteiger partial charge is 0.270 e. The van der Waals surface area contributed by atoms with E-state index in [2.05, 4.69) is 21.3 Å². The van der Waals surface area contributed by atoms with Crippen molar-refractivity contribution in [3.8, 4) is 6.07 Å². The van der Waals surface area contributed by atoms with E-state index < -0.39 is 0 Å². The van der Waals surface area contributed by atoms with Crippen LogP contribution in [0.4, 0.5) is 0 Å². The van der Waals surface area contributed by atoms with Gasteiger partial charge in [-0.05, 0) is 37.4 Å². The Labute approximate surface area is 132 Å². The van der Waals surface area contributed by atoms with Gasteiger partial charge in [0.05, 0.1) is 0 Å². The first-order valence-corrected chi connectivity index (χ1v) is 8.36. The Bertz CT molecular complexity index is 766. The van der Waals surface area contributed by atoms with Crippen molar-refractivity contribution in [2.75, 3.05) is 19.6 Å². The van der Waals surface area contributed by atoms with Crippen molar-refractivity contribution in [2.45, 2.75) is 18.9 Å². The zero-order valence-corrected chi connectivity index (χ0v) is 12.9. The second kappa shape index (κ2) is 5.34. The summed E-state index contributed by atoms with van der Waals surface area (Å²) in [5.41, 5.74) is 0.437. The summed E-state index contributed by atoms with van der Waals surface area (Å²) in [7, 11) is 0. The van der Waals surface area contributed by atoms with Gasteiger partial charge in [-0.3, -0.25) is 9.78 Å². The van der Waals surface area contributed by atoms with E-state index in [-0.39, 0.29) is 11.9 Å². The molecule has 4 rings (SSSR count). The number of hydrogen-bond donors (Lipinski definition) is 1. The first-order valence-electron chi connectivity index (χ1n) is 7.54. The van der Waals surface area contributed by atoms with E-state index in [0.29, 0.717) is 10.6 Å². The second-order valence-electron chi connectivity index (χ2n) is 6.15. The molecule has 4 heterocycles. The summed E-state index contributed by atoms with van der Waals surface area (Å²) in [5, 5.41) is 13.0. The fourth-order valence-corrected chi connectivity index (χ4v) is 4.40. The van der Waals surface area contributed by atoms with Crippen molar-refractivity contribution in [1.82, 2.24) is 15.2 Å². The molecule has 3 atom stereocenters. The van der Waals surface area contributed by atoms with Gasteiger partial charge in [-0.15, -0.1) is 11.3 Å². The Morgan fingerprint density at radius 2 is 2.36 bits per heavy atom. The molecule has 112 valence electrons.